The van der Waals surface area contributed by atoms with Crippen LogP contribution in [-0.2, 0) is 18.8 Å². The molecule has 10 nitrogen and oxygen atoms in total. The molecule has 0 amide bonds. The average Bonchev–Trinajstić information content (AvgIpc) is 3.31. The Morgan fingerprint density at radius 1 is 1.00 bits per heavy atom. The molecule has 35 heavy (non-hydrogen) atoms. The van der Waals surface area contributed by atoms with Crippen LogP contribution in [0.5, 0.6) is 0 Å². The van der Waals surface area contributed by atoms with E-state index >= 15 is 0 Å². The number of nitrogens with two attached hydrogens (primary N) is 1. The second-order valence-electron chi connectivity index (χ2n) is 7.64. The predicted molar refractivity (Wildman–Crippen MR) is 125 cm³/mol. The number of anilines is 1. The summed E-state index contributed by atoms with van der Waals surface area (Å²) in [6, 6.07) is 14.3. The summed E-state index contributed by atoms with van der Waals surface area (Å²) >= 11 is 0. The van der Waals surface area contributed by atoms with Crippen molar-refractivity contribution in [2.45, 2.75) is 0 Å². The third-order valence-corrected chi connectivity index (χ3v) is 5.40. The SMILES string of the molecule is Cn1c(N)c(C(=O)COC(=O)c2cn(-c3ccccc3)nc2-c2ccc(F)cc2)c(=O)n(C)c1=O. The maximum absolute atomic E-state index is 13.4. The quantitative estimate of drug-likeness (QED) is 0.330. The number of hydrogen-bond acceptors (Lipinski definition) is 7. The molecule has 11 heteroatoms. The molecule has 178 valence electrons. The van der Waals surface area contributed by atoms with Gasteiger partial charge in [-0.25, -0.2) is 18.7 Å². The van der Waals surface area contributed by atoms with Crippen molar-refractivity contribution < 1.29 is 18.7 Å². The first-order valence-corrected chi connectivity index (χ1v) is 10.4. The molecule has 0 spiro atoms. The molecule has 0 atom stereocenters. The second kappa shape index (κ2) is 9.21. The Hall–Kier alpha value is -4.80. The van der Waals surface area contributed by atoms with Gasteiger partial charge in [-0.05, 0) is 36.4 Å². The monoisotopic (exact) mass is 477 g/mol. The average molecular weight is 477 g/mol. The van der Waals surface area contributed by atoms with E-state index in [0.29, 0.717) is 11.3 Å². The lowest BCUT2D eigenvalue weighted by Gasteiger charge is -2.11. The van der Waals surface area contributed by atoms with E-state index in [1.165, 1.54) is 49.2 Å². The summed E-state index contributed by atoms with van der Waals surface area (Å²) in [7, 11) is 2.52. The Morgan fingerprint density at radius 2 is 1.66 bits per heavy atom. The second-order valence-corrected chi connectivity index (χ2v) is 7.64. The predicted octanol–water partition coefficient (Wildman–Crippen LogP) is 1.70. The molecule has 2 heterocycles. The number of nitrogens with zero attached hydrogens (tertiary/aromatic N) is 4. The van der Waals surface area contributed by atoms with Crippen molar-refractivity contribution in [2.24, 2.45) is 14.1 Å². The molecule has 0 radical (unpaired) electrons. The zero-order valence-corrected chi connectivity index (χ0v) is 18.8. The van der Waals surface area contributed by atoms with Crippen LogP contribution in [0.1, 0.15) is 20.7 Å². The Balaban J connectivity index is 1.66. The van der Waals surface area contributed by atoms with Crippen LogP contribution in [0.15, 0.2) is 70.4 Å². The molecule has 0 bridgehead atoms. The van der Waals surface area contributed by atoms with Gasteiger partial charge in [0.1, 0.15) is 28.5 Å². The first-order chi connectivity index (χ1) is 16.7. The minimum Gasteiger partial charge on any atom is -0.454 e. The topological polar surface area (TPSA) is 131 Å². The van der Waals surface area contributed by atoms with Gasteiger partial charge >= 0.3 is 11.7 Å². The number of nitrogen functional groups attached to an aromatic ring is 1. The molecule has 0 aliphatic carbocycles. The van der Waals surface area contributed by atoms with E-state index < -0.39 is 41.0 Å². The standard InChI is InChI=1S/C24H20FN5O5/c1-28-21(26)19(22(32)29(2)24(28)34)18(31)13-35-23(33)17-12-30(16-6-4-3-5-7-16)27-20(17)14-8-10-15(25)11-9-14/h3-12H,13,26H2,1-2H3. The number of aromatic nitrogens is 4. The smallest absolute Gasteiger partial charge is 0.342 e. The largest absolute Gasteiger partial charge is 0.454 e. The van der Waals surface area contributed by atoms with Crippen LogP contribution in [0, 0.1) is 5.82 Å². The molecule has 4 rings (SSSR count). The Morgan fingerprint density at radius 3 is 2.31 bits per heavy atom. The minimum atomic E-state index is -0.893. The molecule has 0 unspecified atom stereocenters. The van der Waals surface area contributed by atoms with Gasteiger partial charge in [0.25, 0.3) is 5.56 Å². The van der Waals surface area contributed by atoms with Gasteiger partial charge in [0.2, 0.25) is 5.78 Å². The van der Waals surface area contributed by atoms with Gasteiger partial charge in [-0.15, -0.1) is 0 Å². The number of halogens is 1. The fraction of sp³-hybridized carbons (Fsp3) is 0.125. The van der Waals surface area contributed by atoms with Crippen molar-refractivity contribution in [3.63, 3.8) is 0 Å². The first-order valence-electron chi connectivity index (χ1n) is 10.4. The van der Waals surface area contributed by atoms with E-state index in [-0.39, 0.29) is 17.1 Å². The molecule has 0 aliphatic rings. The summed E-state index contributed by atoms with van der Waals surface area (Å²) in [6.45, 7) is -0.796. The Bertz CT molecular complexity index is 1550. The first kappa shape index (κ1) is 23.4. The summed E-state index contributed by atoms with van der Waals surface area (Å²) in [5.74, 6) is -2.55. The van der Waals surface area contributed by atoms with E-state index in [2.05, 4.69) is 5.10 Å². The summed E-state index contributed by atoms with van der Waals surface area (Å²) in [6.07, 6.45) is 1.43. The van der Waals surface area contributed by atoms with E-state index in [0.717, 1.165) is 9.13 Å². The van der Waals surface area contributed by atoms with E-state index in [1.807, 2.05) is 6.07 Å². The maximum atomic E-state index is 13.4. The molecule has 2 aromatic carbocycles. The summed E-state index contributed by atoms with van der Waals surface area (Å²) < 4.78 is 21.8. The third-order valence-electron chi connectivity index (χ3n) is 5.40. The number of esters is 1. The lowest BCUT2D eigenvalue weighted by molar-refractivity contribution is 0.0475. The number of para-hydroxylation sites is 1. The van der Waals surface area contributed by atoms with Gasteiger partial charge in [-0.3, -0.25) is 18.7 Å². The number of benzene rings is 2. The number of Topliss-reactive ketones (excluding diaryl/α,β-unsaturated/α-hetero) is 1. The molecule has 0 saturated heterocycles. The van der Waals surface area contributed by atoms with Crippen LogP contribution in [-0.4, -0.2) is 37.3 Å². The van der Waals surface area contributed by atoms with E-state index in [9.17, 15) is 23.6 Å². The highest BCUT2D eigenvalue weighted by Gasteiger charge is 2.24. The van der Waals surface area contributed by atoms with Crippen LogP contribution in [0.25, 0.3) is 16.9 Å². The minimum absolute atomic E-state index is 0.0228. The number of carbonyl (C=O) groups excluding carboxylic acids is 2. The van der Waals surface area contributed by atoms with Crippen molar-refractivity contribution in [1.82, 2.24) is 18.9 Å². The zero-order chi connectivity index (χ0) is 25.3. The van der Waals surface area contributed by atoms with Crippen LogP contribution >= 0.6 is 0 Å². The number of rotatable bonds is 6. The van der Waals surface area contributed by atoms with Crippen molar-refractivity contribution >= 4 is 17.6 Å². The number of ketones is 1. The van der Waals surface area contributed by atoms with Gasteiger partial charge in [-0.2, -0.15) is 5.10 Å². The third kappa shape index (κ3) is 4.38. The molecule has 0 saturated carbocycles. The molecule has 2 N–H and O–H groups in total. The molecule has 0 aliphatic heterocycles. The van der Waals surface area contributed by atoms with Crippen LogP contribution in [0.2, 0.25) is 0 Å². The molecule has 0 fully saturated rings. The van der Waals surface area contributed by atoms with Crippen molar-refractivity contribution in [1.29, 1.82) is 0 Å². The highest BCUT2D eigenvalue weighted by atomic mass is 19.1. The highest BCUT2D eigenvalue weighted by molar-refractivity contribution is 6.03. The molecule has 2 aromatic heterocycles. The van der Waals surface area contributed by atoms with Crippen molar-refractivity contribution in [3.8, 4) is 16.9 Å². The van der Waals surface area contributed by atoms with Crippen LogP contribution in [0.4, 0.5) is 10.2 Å². The van der Waals surface area contributed by atoms with E-state index in [1.54, 1.807) is 24.3 Å². The van der Waals surface area contributed by atoms with Crippen molar-refractivity contribution in [2.75, 3.05) is 12.3 Å². The van der Waals surface area contributed by atoms with Gasteiger partial charge in [0, 0.05) is 25.9 Å². The molecular weight excluding hydrogens is 457 g/mol. The number of hydrogen-bond donors (Lipinski definition) is 1. The lowest BCUT2D eigenvalue weighted by atomic mass is 10.1. The van der Waals surface area contributed by atoms with Gasteiger partial charge < -0.3 is 10.5 Å². The van der Waals surface area contributed by atoms with Crippen LogP contribution < -0.4 is 17.0 Å². The van der Waals surface area contributed by atoms with E-state index in [4.69, 9.17) is 10.5 Å². The number of ether oxygens (including phenoxy) is 1. The van der Waals surface area contributed by atoms with Crippen molar-refractivity contribution in [3.05, 3.63) is 98.6 Å². The normalized spacial score (nSPS) is 10.8. The molecule has 4 aromatic rings. The summed E-state index contributed by atoms with van der Waals surface area (Å²) in [5.41, 5.74) is 5.10. The fourth-order valence-electron chi connectivity index (χ4n) is 3.46. The van der Waals surface area contributed by atoms with Gasteiger partial charge in [-0.1, -0.05) is 18.2 Å². The number of carbonyl (C=O) groups is 2. The summed E-state index contributed by atoms with van der Waals surface area (Å²) in [4.78, 5) is 50.1. The Kier molecular flexibility index (Phi) is 6.15. The summed E-state index contributed by atoms with van der Waals surface area (Å²) in [5, 5.41) is 4.44. The van der Waals surface area contributed by atoms with Gasteiger partial charge in [0.15, 0.2) is 6.61 Å². The lowest BCUT2D eigenvalue weighted by Crippen LogP contribution is -2.42. The highest BCUT2D eigenvalue weighted by Crippen LogP contribution is 2.25. The zero-order valence-electron chi connectivity index (χ0n) is 18.8. The maximum Gasteiger partial charge on any atom is 0.342 e. The molecular formula is C24H20FN5O5. The van der Waals surface area contributed by atoms with Gasteiger partial charge in [0.05, 0.1) is 5.69 Å². The Labute approximate surface area is 197 Å². The fourth-order valence-corrected chi connectivity index (χ4v) is 3.46. The van der Waals surface area contributed by atoms with Crippen LogP contribution in [0.3, 0.4) is 0 Å².